The first-order valence-electron chi connectivity index (χ1n) is 6.65. The molecule has 8 heteroatoms. The molecule has 2 aromatic rings. The Morgan fingerprint density at radius 2 is 1.76 bits per heavy atom. The van der Waals surface area contributed by atoms with Crippen molar-refractivity contribution in [3.8, 4) is 0 Å². The molecule has 0 unspecified atom stereocenters. The molecule has 0 bridgehead atoms. The molecule has 1 aliphatic rings. The maximum absolute atomic E-state index is 12.6. The molecule has 21 heavy (non-hydrogen) atoms. The van der Waals surface area contributed by atoms with Crippen molar-refractivity contribution in [1.82, 2.24) is 13.9 Å². The van der Waals surface area contributed by atoms with E-state index in [-0.39, 0.29) is 5.16 Å². The second-order valence-corrected chi connectivity index (χ2v) is 7.71. The van der Waals surface area contributed by atoms with Crippen molar-refractivity contribution in [2.24, 2.45) is 0 Å². The molecule has 2 heterocycles. The summed E-state index contributed by atoms with van der Waals surface area (Å²) in [5, 5.41) is 1.01. The maximum atomic E-state index is 12.6. The summed E-state index contributed by atoms with van der Waals surface area (Å²) in [7, 11) is -3.59. The molecule has 0 saturated carbocycles. The van der Waals surface area contributed by atoms with Gasteiger partial charge in [0, 0.05) is 19.6 Å². The number of fused-ring (bicyclic) bond motifs is 3. The third kappa shape index (κ3) is 1.93. The van der Waals surface area contributed by atoms with Crippen LogP contribution in [-0.4, -0.2) is 35.4 Å². The van der Waals surface area contributed by atoms with Crippen LogP contribution < -0.4 is 0 Å². The second kappa shape index (κ2) is 4.84. The summed E-state index contributed by atoms with van der Waals surface area (Å²) < 4.78 is 28.2. The minimum Gasteiger partial charge on any atom is -0.311 e. The maximum Gasteiger partial charge on any atom is 0.277 e. The molecule has 0 spiro atoms. The lowest BCUT2D eigenvalue weighted by Crippen LogP contribution is -2.39. The van der Waals surface area contributed by atoms with Gasteiger partial charge in [-0.3, -0.25) is 0 Å². The lowest BCUT2D eigenvalue weighted by molar-refractivity contribution is 0.369. The van der Waals surface area contributed by atoms with Gasteiger partial charge in [0.1, 0.15) is 5.52 Å². The molecule has 0 saturated heterocycles. The van der Waals surface area contributed by atoms with Crippen LogP contribution in [0.25, 0.3) is 11.0 Å². The zero-order valence-corrected chi connectivity index (χ0v) is 14.3. The minimum absolute atomic E-state index is 0.0272. The van der Waals surface area contributed by atoms with Crippen molar-refractivity contribution in [2.45, 2.75) is 32.5 Å². The molecule has 0 aliphatic carbocycles. The predicted octanol–water partition coefficient (Wildman–Crippen LogP) is 2.98. The van der Waals surface area contributed by atoms with E-state index in [1.807, 2.05) is 20.8 Å². The normalized spacial score (nSPS) is 18.1. The van der Waals surface area contributed by atoms with Crippen LogP contribution in [0.5, 0.6) is 0 Å². The van der Waals surface area contributed by atoms with E-state index in [0.29, 0.717) is 40.7 Å². The number of likely N-dealkylation sites (N-methyl/N-ethyl adjacent to an activating group) is 1. The lowest BCUT2D eigenvalue weighted by atomic mass is 10.1. The van der Waals surface area contributed by atoms with E-state index in [2.05, 4.69) is 4.98 Å². The van der Waals surface area contributed by atoms with Gasteiger partial charge in [-0.25, -0.2) is 13.4 Å². The van der Waals surface area contributed by atoms with Gasteiger partial charge in [0.2, 0.25) is 5.16 Å². The number of benzene rings is 1. The van der Waals surface area contributed by atoms with Crippen molar-refractivity contribution in [3.63, 3.8) is 0 Å². The van der Waals surface area contributed by atoms with E-state index in [4.69, 9.17) is 23.2 Å². The third-order valence-corrected chi connectivity index (χ3v) is 6.88. The summed E-state index contributed by atoms with van der Waals surface area (Å²) in [6.45, 7) is 6.90. The molecule has 0 N–H and O–H groups in total. The van der Waals surface area contributed by atoms with Crippen LogP contribution in [0.2, 0.25) is 10.0 Å². The highest BCUT2D eigenvalue weighted by molar-refractivity contribution is 7.89. The molecule has 0 amide bonds. The molecule has 3 rings (SSSR count). The van der Waals surface area contributed by atoms with Crippen molar-refractivity contribution in [1.29, 1.82) is 0 Å². The van der Waals surface area contributed by atoms with E-state index < -0.39 is 10.0 Å². The summed E-state index contributed by atoms with van der Waals surface area (Å²) in [5.74, 6) is 0. The zero-order chi connectivity index (χ0) is 15.5. The second-order valence-electron chi connectivity index (χ2n) is 5.12. The minimum atomic E-state index is -3.59. The van der Waals surface area contributed by atoms with Crippen LogP contribution >= 0.6 is 23.2 Å². The van der Waals surface area contributed by atoms with Gasteiger partial charge in [-0.2, -0.15) is 4.31 Å². The highest BCUT2D eigenvalue weighted by Crippen LogP contribution is 2.38. The first-order valence-corrected chi connectivity index (χ1v) is 8.84. The first kappa shape index (κ1) is 15.1. The van der Waals surface area contributed by atoms with Crippen LogP contribution in [0.15, 0.2) is 5.16 Å². The van der Waals surface area contributed by atoms with Gasteiger partial charge >= 0.3 is 0 Å². The SMILES string of the molecule is CCN1CCn2c(nc3c(Cl)c(C)c(C)c(Cl)c32)S1(=O)=O. The average molecular weight is 348 g/mol. The molecule has 1 aromatic heterocycles. The van der Waals surface area contributed by atoms with Gasteiger partial charge in [-0.05, 0) is 25.0 Å². The highest BCUT2D eigenvalue weighted by Gasteiger charge is 2.35. The van der Waals surface area contributed by atoms with Crippen LogP contribution in [-0.2, 0) is 16.6 Å². The fourth-order valence-electron chi connectivity index (χ4n) is 2.67. The topological polar surface area (TPSA) is 55.2 Å². The number of imidazole rings is 1. The molecule has 114 valence electrons. The van der Waals surface area contributed by atoms with Crippen molar-refractivity contribution in [2.75, 3.05) is 13.1 Å². The summed E-state index contributed by atoms with van der Waals surface area (Å²) in [6.07, 6.45) is 0. The summed E-state index contributed by atoms with van der Waals surface area (Å²) in [5.41, 5.74) is 2.75. The third-order valence-electron chi connectivity index (χ3n) is 4.07. The number of sulfonamides is 1. The largest absolute Gasteiger partial charge is 0.311 e. The highest BCUT2D eigenvalue weighted by atomic mass is 35.5. The molecule has 0 fully saturated rings. The number of aromatic nitrogens is 2. The Morgan fingerprint density at radius 1 is 1.14 bits per heavy atom. The zero-order valence-electron chi connectivity index (χ0n) is 11.9. The fraction of sp³-hybridized carbons (Fsp3) is 0.462. The number of hydrogen-bond acceptors (Lipinski definition) is 3. The number of rotatable bonds is 1. The summed E-state index contributed by atoms with van der Waals surface area (Å²) in [6, 6.07) is 0. The summed E-state index contributed by atoms with van der Waals surface area (Å²) >= 11 is 12.8. The average Bonchev–Trinajstić information content (AvgIpc) is 2.84. The van der Waals surface area contributed by atoms with Gasteiger partial charge in [0.15, 0.2) is 0 Å². The molecule has 1 aliphatic heterocycles. The van der Waals surface area contributed by atoms with Gasteiger partial charge in [0.25, 0.3) is 10.0 Å². The molecular weight excluding hydrogens is 333 g/mol. The lowest BCUT2D eigenvalue weighted by Gasteiger charge is -2.26. The van der Waals surface area contributed by atoms with Gasteiger partial charge in [0.05, 0.1) is 15.6 Å². The molecule has 0 radical (unpaired) electrons. The monoisotopic (exact) mass is 347 g/mol. The first-order chi connectivity index (χ1) is 9.80. The smallest absolute Gasteiger partial charge is 0.277 e. The number of nitrogens with zero attached hydrogens (tertiary/aromatic N) is 3. The van der Waals surface area contributed by atoms with Crippen LogP contribution in [0.3, 0.4) is 0 Å². The Morgan fingerprint density at radius 3 is 2.38 bits per heavy atom. The van der Waals surface area contributed by atoms with Crippen molar-refractivity contribution >= 4 is 44.3 Å². The van der Waals surface area contributed by atoms with Crippen molar-refractivity contribution < 1.29 is 8.42 Å². The van der Waals surface area contributed by atoms with Crippen molar-refractivity contribution in [3.05, 3.63) is 21.2 Å². The standard InChI is InChI=1S/C13H15Cl2N3O2S/c1-4-17-5-6-18-12-10(15)8(3)7(2)9(14)11(12)16-13(18)21(17,19)20/h4-6H2,1-3H3. The Labute approximate surface area is 133 Å². The van der Waals surface area contributed by atoms with E-state index in [0.717, 1.165) is 11.1 Å². The Bertz CT molecular complexity index is 858. The van der Waals surface area contributed by atoms with E-state index in [9.17, 15) is 8.42 Å². The van der Waals surface area contributed by atoms with Crippen LogP contribution in [0.4, 0.5) is 0 Å². The Kier molecular flexibility index (Phi) is 3.48. The number of hydrogen-bond donors (Lipinski definition) is 0. The molecule has 1 aromatic carbocycles. The Balaban J connectivity index is 2.45. The molecular formula is C13H15Cl2N3O2S. The van der Waals surface area contributed by atoms with E-state index >= 15 is 0 Å². The fourth-order valence-corrected chi connectivity index (χ4v) is 4.84. The Hall–Kier alpha value is -0.820. The molecule has 5 nitrogen and oxygen atoms in total. The van der Waals surface area contributed by atoms with Gasteiger partial charge in [-0.15, -0.1) is 0 Å². The van der Waals surface area contributed by atoms with Gasteiger partial charge < -0.3 is 4.57 Å². The van der Waals surface area contributed by atoms with Crippen LogP contribution in [0.1, 0.15) is 18.1 Å². The van der Waals surface area contributed by atoms with Crippen LogP contribution in [0, 0.1) is 13.8 Å². The predicted molar refractivity (Wildman–Crippen MR) is 83.7 cm³/mol. The van der Waals surface area contributed by atoms with Gasteiger partial charge in [-0.1, -0.05) is 30.1 Å². The summed E-state index contributed by atoms with van der Waals surface area (Å²) in [4.78, 5) is 4.28. The van der Waals surface area contributed by atoms with E-state index in [1.165, 1.54) is 4.31 Å². The molecule has 0 atom stereocenters. The number of halogens is 2. The quantitative estimate of drug-likeness (QED) is 0.796. The van der Waals surface area contributed by atoms with E-state index in [1.54, 1.807) is 4.57 Å².